The Morgan fingerprint density at radius 3 is 2.65 bits per heavy atom. The fourth-order valence-electron chi connectivity index (χ4n) is 3.66. The summed E-state index contributed by atoms with van der Waals surface area (Å²) in [4.78, 5) is 24.5. The second-order valence-electron chi connectivity index (χ2n) is 6.19. The van der Waals surface area contributed by atoms with Crippen LogP contribution in [-0.4, -0.2) is 17.0 Å². The van der Waals surface area contributed by atoms with E-state index < -0.39 is 5.97 Å². The summed E-state index contributed by atoms with van der Waals surface area (Å²) >= 11 is 1.72. The molecule has 0 radical (unpaired) electrons. The molecule has 4 rings (SSSR count). The van der Waals surface area contributed by atoms with Crippen LogP contribution in [0, 0.1) is 0 Å². The minimum atomic E-state index is -0.925. The van der Waals surface area contributed by atoms with Crippen LogP contribution in [0.5, 0.6) is 0 Å². The minimum absolute atomic E-state index is 0.0414. The summed E-state index contributed by atoms with van der Waals surface area (Å²) in [6.07, 6.45) is 5.05. The molecule has 2 aliphatic rings. The number of fused-ring (bicyclic) bond motifs is 3. The van der Waals surface area contributed by atoms with Crippen molar-refractivity contribution in [3.8, 4) is 0 Å². The van der Waals surface area contributed by atoms with Crippen LogP contribution in [0.15, 0.2) is 24.3 Å². The van der Waals surface area contributed by atoms with Crippen molar-refractivity contribution in [1.29, 1.82) is 0 Å². The molecule has 0 fully saturated rings. The minimum Gasteiger partial charge on any atom is -0.478 e. The predicted molar refractivity (Wildman–Crippen MR) is 89.5 cm³/mol. The quantitative estimate of drug-likeness (QED) is 0.881. The van der Waals surface area contributed by atoms with Gasteiger partial charge in [-0.3, -0.25) is 4.79 Å². The highest BCUT2D eigenvalue weighted by Crippen LogP contribution is 2.47. The number of nitrogens with one attached hydrogen (secondary N) is 1. The van der Waals surface area contributed by atoms with Crippen molar-refractivity contribution in [3.63, 3.8) is 0 Å². The van der Waals surface area contributed by atoms with Gasteiger partial charge in [0.25, 0.3) is 0 Å². The standard InChI is InChI=1S/C18H17NO3S/c20-15-9-13(10-5-7-11(8-6-10)18(21)22)16-12-3-1-2-4-14(12)23-17(16)19-15/h5-8,13H,1-4,9H2,(H,19,20)(H,21,22). The summed E-state index contributed by atoms with van der Waals surface area (Å²) in [7, 11) is 0. The Kier molecular flexibility index (Phi) is 3.45. The fraction of sp³-hybridized carbons (Fsp3) is 0.333. The average molecular weight is 327 g/mol. The van der Waals surface area contributed by atoms with E-state index in [4.69, 9.17) is 5.11 Å². The first-order valence-corrected chi connectivity index (χ1v) is 8.72. The van der Waals surface area contributed by atoms with Crippen LogP contribution in [0.1, 0.15) is 57.1 Å². The molecule has 2 aromatic rings. The molecular formula is C18H17NO3S. The number of amides is 1. The van der Waals surface area contributed by atoms with Crippen LogP contribution in [0.25, 0.3) is 0 Å². The van der Waals surface area contributed by atoms with Crippen molar-refractivity contribution in [2.75, 3.05) is 5.32 Å². The van der Waals surface area contributed by atoms with Gasteiger partial charge in [0, 0.05) is 17.2 Å². The van der Waals surface area contributed by atoms with Crippen molar-refractivity contribution < 1.29 is 14.7 Å². The van der Waals surface area contributed by atoms with E-state index in [-0.39, 0.29) is 17.4 Å². The SMILES string of the molecule is O=C1CC(c2ccc(C(=O)O)cc2)c2c(sc3c2CCCC3)N1. The molecule has 0 spiro atoms. The van der Waals surface area contributed by atoms with E-state index in [1.54, 1.807) is 23.5 Å². The van der Waals surface area contributed by atoms with Gasteiger partial charge in [-0.15, -0.1) is 11.3 Å². The lowest BCUT2D eigenvalue weighted by Crippen LogP contribution is -2.23. The molecule has 1 amide bonds. The molecule has 1 unspecified atom stereocenters. The van der Waals surface area contributed by atoms with E-state index in [1.165, 1.54) is 28.8 Å². The Balaban J connectivity index is 1.79. The van der Waals surface area contributed by atoms with Crippen molar-refractivity contribution in [3.05, 3.63) is 51.4 Å². The van der Waals surface area contributed by atoms with Gasteiger partial charge in [0.05, 0.1) is 10.6 Å². The molecule has 1 aliphatic carbocycles. The van der Waals surface area contributed by atoms with Crippen LogP contribution in [0.3, 0.4) is 0 Å². The summed E-state index contributed by atoms with van der Waals surface area (Å²) in [5.41, 5.74) is 4.00. The number of carboxylic acid groups (broad SMARTS) is 1. The first kappa shape index (κ1) is 14.5. The number of hydrogen-bond donors (Lipinski definition) is 2. The lowest BCUT2D eigenvalue weighted by atomic mass is 9.82. The van der Waals surface area contributed by atoms with Gasteiger partial charge in [-0.25, -0.2) is 4.79 Å². The summed E-state index contributed by atoms with van der Waals surface area (Å²) in [5, 5.41) is 13.1. The zero-order chi connectivity index (χ0) is 16.0. The zero-order valence-corrected chi connectivity index (χ0v) is 13.4. The Morgan fingerprint density at radius 2 is 1.91 bits per heavy atom. The summed E-state index contributed by atoms with van der Waals surface area (Å²) in [6, 6.07) is 6.96. The molecule has 1 atom stereocenters. The van der Waals surface area contributed by atoms with Gasteiger partial charge in [-0.2, -0.15) is 0 Å². The summed E-state index contributed by atoms with van der Waals surface area (Å²) in [5.74, 6) is -0.838. The largest absolute Gasteiger partial charge is 0.478 e. The maximum atomic E-state index is 12.1. The van der Waals surface area contributed by atoms with Crippen molar-refractivity contribution in [2.24, 2.45) is 0 Å². The molecular weight excluding hydrogens is 310 g/mol. The van der Waals surface area contributed by atoms with Crippen molar-refractivity contribution in [2.45, 2.75) is 38.0 Å². The molecule has 5 heteroatoms. The molecule has 2 heterocycles. The Morgan fingerprint density at radius 1 is 1.17 bits per heavy atom. The number of hydrogen-bond acceptors (Lipinski definition) is 3. The fourth-order valence-corrected chi connectivity index (χ4v) is 5.03. The van der Waals surface area contributed by atoms with Gasteiger partial charge in [0.1, 0.15) is 0 Å². The first-order valence-electron chi connectivity index (χ1n) is 7.91. The molecule has 0 bridgehead atoms. The van der Waals surface area contributed by atoms with Crippen LogP contribution in [0.4, 0.5) is 5.00 Å². The summed E-state index contributed by atoms with van der Waals surface area (Å²) < 4.78 is 0. The van der Waals surface area contributed by atoms with Crippen molar-refractivity contribution in [1.82, 2.24) is 0 Å². The normalized spacial score (nSPS) is 19.7. The van der Waals surface area contributed by atoms with Crippen LogP contribution in [0.2, 0.25) is 0 Å². The lowest BCUT2D eigenvalue weighted by Gasteiger charge is -2.25. The van der Waals surface area contributed by atoms with E-state index in [1.807, 2.05) is 12.1 Å². The lowest BCUT2D eigenvalue weighted by molar-refractivity contribution is -0.116. The Labute approximate surface area is 138 Å². The van der Waals surface area contributed by atoms with E-state index in [0.29, 0.717) is 6.42 Å². The second kappa shape index (κ2) is 5.49. The molecule has 118 valence electrons. The number of carbonyl (C=O) groups is 2. The van der Waals surface area contributed by atoms with Gasteiger partial charge in [-0.05, 0) is 54.5 Å². The van der Waals surface area contributed by atoms with Gasteiger partial charge < -0.3 is 10.4 Å². The number of carboxylic acids is 1. The van der Waals surface area contributed by atoms with Crippen LogP contribution < -0.4 is 5.32 Å². The maximum Gasteiger partial charge on any atom is 0.335 e. The second-order valence-corrected chi connectivity index (χ2v) is 7.29. The van der Waals surface area contributed by atoms with Crippen molar-refractivity contribution >= 4 is 28.2 Å². The smallest absolute Gasteiger partial charge is 0.335 e. The maximum absolute atomic E-state index is 12.1. The van der Waals surface area contributed by atoms with E-state index in [0.717, 1.165) is 23.4 Å². The zero-order valence-electron chi connectivity index (χ0n) is 12.6. The van der Waals surface area contributed by atoms with E-state index in [9.17, 15) is 9.59 Å². The number of rotatable bonds is 2. The number of aromatic carboxylic acids is 1. The van der Waals surface area contributed by atoms with Gasteiger partial charge in [-0.1, -0.05) is 12.1 Å². The first-order chi connectivity index (χ1) is 11.1. The van der Waals surface area contributed by atoms with Gasteiger partial charge in [0.15, 0.2) is 0 Å². The molecule has 0 saturated carbocycles. The van der Waals surface area contributed by atoms with Gasteiger partial charge >= 0.3 is 5.97 Å². The van der Waals surface area contributed by atoms with Gasteiger partial charge in [0.2, 0.25) is 5.91 Å². The third-order valence-electron chi connectivity index (χ3n) is 4.76. The van der Waals surface area contributed by atoms with E-state index >= 15 is 0 Å². The number of carbonyl (C=O) groups excluding carboxylic acids is 1. The van der Waals surface area contributed by atoms with Crippen LogP contribution >= 0.6 is 11.3 Å². The molecule has 1 aliphatic heterocycles. The van der Waals surface area contributed by atoms with Crippen LogP contribution in [-0.2, 0) is 17.6 Å². The number of aryl methyl sites for hydroxylation is 1. The predicted octanol–water partition coefficient (Wildman–Crippen LogP) is 3.80. The highest BCUT2D eigenvalue weighted by atomic mass is 32.1. The number of benzene rings is 1. The van der Waals surface area contributed by atoms with E-state index in [2.05, 4.69) is 5.32 Å². The molecule has 0 saturated heterocycles. The summed E-state index contributed by atoms with van der Waals surface area (Å²) in [6.45, 7) is 0. The Hall–Kier alpha value is -2.14. The Bertz CT molecular complexity index is 791. The molecule has 2 N–H and O–H groups in total. The number of thiophene rings is 1. The molecule has 1 aromatic carbocycles. The molecule has 23 heavy (non-hydrogen) atoms. The average Bonchev–Trinajstić information content (AvgIpc) is 2.92. The third-order valence-corrected chi connectivity index (χ3v) is 5.99. The highest BCUT2D eigenvalue weighted by Gasteiger charge is 2.33. The number of anilines is 1. The monoisotopic (exact) mass is 327 g/mol. The topological polar surface area (TPSA) is 66.4 Å². The molecule has 4 nitrogen and oxygen atoms in total. The highest BCUT2D eigenvalue weighted by molar-refractivity contribution is 7.16. The third kappa shape index (κ3) is 2.45. The molecule has 1 aromatic heterocycles.